The number of anilines is 1. The van der Waals surface area contributed by atoms with Crippen LogP contribution in [0.5, 0.6) is 0 Å². The molecule has 4 nitrogen and oxygen atoms in total. The van der Waals surface area contributed by atoms with Gasteiger partial charge in [-0.05, 0) is 61.6 Å². The highest BCUT2D eigenvalue weighted by atomic mass is 16.5. The van der Waals surface area contributed by atoms with Gasteiger partial charge in [-0.15, -0.1) is 0 Å². The Bertz CT molecular complexity index is 1060. The third-order valence-electron chi connectivity index (χ3n) is 7.36. The third kappa shape index (κ3) is 5.94. The first kappa shape index (κ1) is 25.0. The lowest BCUT2D eigenvalue weighted by molar-refractivity contribution is -0.150. The minimum absolute atomic E-state index is 0.0863. The summed E-state index contributed by atoms with van der Waals surface area (Å²) in [4.78, 5) is 18.1. The van der Waals surface area contributed by atoms with Gasteiger partial charge in [0.25, 0.3) is 0 Å². The summed E-state index contributed by atoms with van der Waals surface area (Å²) in [5.74, 6) is -0.0863. The van der Waals surface area contributed by atoms with Gasteiger partial charge in [0.15, 0.2) is 0 Å². The minimum atomic E-state index is -0.559. The Balaban J connectivity index is 1.34. The zero-order chi connectivity index (χ0) is 24.5. The predicted octanol–water partition coefficient (Wildman–Crippen LogP) is 6.17. The van der Waals surface area contributed by atoms with Gasteiger partial charge in [-0.2, -0.15) is 0 Å². The summed E-state index contributed by atoms with van der Waals surface area (Å²) < 4.78 is 5.54. The van der Waals surface area contributed by atoms with E-state index in [-0.39, 0.29) is 5.97 Å². The van der Waals surface area contributed by atoms with E-state index in [2.05, 4.69) is 83.5 Å². The average Bonchev–Trinajstić information content (AvgIpc) is 2.93. The SMILES string of the molecule is CCOC(=O)C(CC)(CCCN1CCN(c2cccc(-c3ccccc3)c2)CC1)c1ccccc1. The molecule has 4 heteroatoms. The normalized spacial score (nSPS) is 16.0. The first-order valence-electron chi connectivity index (χ1n) is 13.0. The van der Waals surface area contributed by atoms with E-state index in [1.807, 2.05) is 25.1 Å². The highest BCUT2D eigenvalue weighted by molar-refractivity contribution is 5.83. The van der Waals surface area contributed by atoms with Crippen molar-refractivity contribution in [2.75, 3.05) is 44.2 Å². The molecule has 0 bridgehead atoms. The van der Waals surface area contributed by atoms with Crippen LogP contribution in [0.4, 0.5) is 5.69 Å². The van der Waals surface area contributed by atoms with Crippen LogP contribution >= 0.6 is 0 Å². The Kier molecular flexibility index (Phi) is 8.59. The second-order valence-corrected chi connectivity index (χ2v) is 9.37. The highest BCUT2D eigenvalue weighted by Gasteiger charge is 2.39. The van der Waals surface area contributed by atoms with Crippen LogP contribution in [-0.4, -0.2) is 50.2 Å². The van der Waals surface area contributed by atoms with Crippen molar-refractivity contribution in [1.29, 1.82) is 0 Å². The molecule has 0 saturated carbocycles. The van der Waals surface area contributed by atoms with Gasteiger partial charge >= 0.3 is 5.97 Å². The molecule has 1 atom stereocenters. The maximum atomic E-state index is 13.1. The van der Waals surface area contributed by atoms with Crippen molar-refractivity contribution in [3.8, 4) is 11.1 Å². The summed E-state index contributed by atoms with van der Waals surface area (Å²) >= 11 is 0. The summed E-state index contributed by atoms with van der Waals surface area (Å²) in [6.45, 7) is 9.54. The molecule has 1 aliphatic heterocycles. The number of hydrogen-bond donors (Lipinski definition) is 0. The van der Waals surface area contributed by atoms with Gasteiger partial charge in [0.1, 0.15) is 0 Å². The maximum absolute atomic E-state index is 13.1. The molecular formula is C31H38N2O2. The lowest BCUT2D eigenvalue weighted by Crippen LogP contribution is -2.47. The molecule has 1 unspecified atom stereocenters. The summed E-state index contributed by atoms with van der Waals surface area (Å²) in [5.41, 5.74) is 4.33. The lowest BCUT2D eigenvalue weighted by Gasteiger charge is -2.37. The van der Waals surface area contributed by atoms with E-state index in [9.17, 15) is 4.79 Å². The Labute approximate surface area is 210 Å². The Morgan fingerprint density at radius 2 is 1.49 bits per heavy atom. The highest BCUT2D eigenvalue weighted by Crippen LogP contribution is 2.35. The summed E-state index contributed by atoms with van der Waals surface area (Å²) in [5, 5.41) is 0. The lowest BCUT2D eigenvalue weighted by atomic mass is 9.74. The van der Waals surface area contributed by atoms with Crippen LogP contribution in [0.25, 0.3) is 11.1 Å². The van der Waals surface area contributed by atoms with E-state index < -0.39 is 5.41 Å². The fraction of sp³-hybridized carbons (Fsp3) is 0.387. The number of rotatable bonds is 10. The molecule has 0 aromatic heterocycles. The number of carbonyl (C=O) groups excluding carboxylic acids is 1. The fourth-order valence-corrected chi connectivity index (χ4v) is 5.26. The van der Waals surface area contributed by atoms with Gasteiger partial charge in [0, 0.05) is 31.9 Å². The van der Waals surface area contributed by atoms with Crippen molar-refractivity contribution < 1.29 is 9.53 Å². The van der Waals surface area contributed by atoms with Crippen molar-refractivity contribution in [2.24, 2.45) is 0 Å². The van der Waals surface area contributed by atoms with E-state index in [4.69, 9.17) is 4.74 Å². The van der Waals surface area contributed by atoms with Gasteiger partial charge < -0.3 is 9.64 Å². The van der Waals surface area contributed by atoms with Gasteiger partial charge in [-0.25, -0.2) is 0 Å². The van der Waals surface area contributed by atoms with E-state index in [1.54, 1.807) is 0 Å². The molecule has 0 aliphatic carbocycles. The van der Waals surface area contributed by atoms with Crippen LogP contribution in [0, 0.1) is 0 Å². The first-order valence-corrected chi connectivity index (χ1v) is 13.0. The fourth-order valence-electron chi connectivity index (χ4n) is 5.26. The number of hydrogen-bond acceptors (Lipinski definition) is 4. The number of carbonyl (C=O) groups is 1. The first-order chi connectivity index (χ1) is 17.2. The standard InChI is InChI=1S/C31H38N2O2/c1-3-31(30(34)35-4-2,28-16-9-6-10-17-28)19-12-20-32-21-23-33(24-22-32)29-18-11-15-27(25-29)26-13-7-5-8-14-26/h5-11,13-18,25H,3-4,12,19-24H2,1-2H3. The zero-order valence-corrected chi connectivity index (χ0v) is 21.2. The minimum Gasteiger partial charge on any atom is -0.465 e. The average molecular weight is 471 g/mol. The Morgan fingerprint density at radius 1 is 0.829 bits per heavy atom. The molecule has 4 rings (SSSR count). The largest absolute Gasteiger partial charge is 0.465 e. The van der Waals surface area contributed by atoms with Crippen molar-refractivity contribution in [1.82, 2.24) is 4.90 Å². The topological polar surface area (TPSA) is 32.8 Å². The number of piperazine rings is 1. The quantitative estimate of drug-likeness (QED) is 0.332. The van der Waals surface area contributed by atoms with Crippen molar-refractivity contribution in [3.63, 3.8) is 0 Å². The van der Waals surface area contributed by atoms with Gasteiger partial charge in [0.05, 0.1) is 12.0 Å². The number of benzene rings is 3. The van der Waals surface area contributed by atoms with Crippen LogP contribution in [0.1, 0.15) is 38.7 Å². The number of nitrogens with zero attached hydrogens (tertiary/aromatic N) is 2. The van der Waals surface area contributed by atoms with Crippen molar-refractivity contribution >= 4 is 11.7 Å². The van der Waals surface area contributed by atoms with E-state index in [0.29, 0.717) is 6.61 Å². The Morgan fingerprint density at radius 3 is 2.14 bits per heavy atom. The number of ether oxygens (including phenoxy) is 1. The maximum Gasteiger partial charge on any atom is 0.316 e. The smallest absolute Gasteiger partial charge is 0.316 e. The molecule has 1 heterocycles. The van der Waals surface area contributed by atoms with Crippen LogP contribution in [0.2, 0.25) is 0 Å². The van der Waals surface area contributed by atoms with Crippen LogP contribution in [0.3, 0.4) is 0 Å². The summed E-state index contributed by atoms with van der Waals surface area (Å²) in [6, 6.07) is 29.6. The van der Waals surface area contributed by atoms with E-state index in [0.717, 1.165) is 57.5 Å². The van der Waals surface area contributed by atoms with Crippen LogP contribution < -0.4 is 4.90 Å². The molecule has 0 N–H and O–H groups in total. The van der Waals surface area contributed by atoms with Gasteiger partial charge in [-0.3, -0.25) is 9.69 Å². The predicted molar refractivity (Wildman–Crippen MR) is 145 cm³/mol. The van der Waals surface area contributed by atoms with Crippen molar-refractivity contribution in [3.05, 3.63) is 90.5 Å². The molecule has 1 aliphatic rings. The molecule has 3 aromatic rings. The zero-order valence-electron chi connectivity index (χ0n) is 21.2. The second-order valence-electron chi connectivity index (χ2n) is 9.37. The molecule has 35 heavy (non-hydrogen) atoms. The third-order valence-corrected chi connectivity index (χ3v) is 7.36. The van der Waals surface area contributed by atoms with Gasteiger partial charge in [-0.1, -0.05) is 79.7 Å². The summed E-state index contributed by atoms with van der Waals surface area (Å²) in [6.07, 6.45) is 2.54. The van der Waals surface area contributed by atoms with Crippen LogP contribution in [0.15, 0.2) is 84.9 Å². The van der Waals surface area contributed by atoms with E-state index >= 15 is 0 Å². The molecule has 0 amide bonds. The van der Waals surface area contributed by atoms with Gasteiger partial charge in [0.2, 0.25) is 0 Å². The molecule has 3 aromatic carbocycles. The second kappa shape index (κ2) is 12.0. The molecular weight excluding hydrogens is 432 g/mol. The molecule has 184 valence electrons. The molecule has 1 fully saturated rings. The monoisotopic (exact) mass is 470 g/mol. The summed E-state index contributed by atoms with van der Waals surface area (Å²) in [7, 11) is 0. The van der Waals surface area contributed by atoms with Crippen LogP contribution in [-0.2, 0) is 14.9 Å². The molecule has 0 spiro atoms. The molecule has 0 radical (unpaired) electrons. The molecule has 1 saturated heterocycles. The Hall–Kier alpha value is -3.11. The van der Waals surface area contributed by atoms with E-state index in [1.165, 1.54) is 16.8 Å². The number of esters is 1. The van der Waals surface area contributed by atoms with Crippen molar-refractivity contribution in [2.45, 2.75) is 38.5 Å².